The van der Waals surface area contributed by atoms with E-state index in [2.05, 4.69) is 32.6 Å². The highest BCUT2D eigenvalue weighted by molar-refractivity contribution is 5.66. The molecular weight excluding hydrogens is 382 g/mol. The zero-order valence-electron chi connectivity index (χ0n) is 19.6. The molecule has 0 aliphatic rings. The molecule has 174 valence electrons. The molecule has 0 radical (unpaired) electrons. The molecule has 0 atom stereocenters. The lowest BCUT2D eigenvalue weighted by Gasteiger charge is -2.33. The van der Waals surface area contributed by atoms with Crippen LogP contribution in [0.2, 0.25) is 0 Å². The first-order valence-electron chi connectivity index (χ1n) is 11.2. The SMILES string of the molecule is CCC(=O)O.CCN(CC)CCCOc1ccc(N)c(OC(CC)(CC)CCN)c1. The second kappa shape index (κ2) is 15.8. The monoisotopic (exact) mass is 425 g/mol. The summed E-state index contributed by atoms with van der Waals surface area (Å²) in [6.45, 7) is 14.7. The molecule has 0 unspecified atom stereocenters. The van der Waals surface area contributed by atoms with Crippen LogP contribution in [-0.4, -0.2) is 54.4 Å². The fraction of sp³-hybridized carbons (Fsp3) is 0.696. The van der Waals surface area contributed by atoms with Gasteiger partial charge in [-0.1, -0.05) is 34.6 Å². The summed E-state index contributed by atoms with van der Waals surface area (Å²) in [6, 6.07) is 5.67. The molecule has 0 spiro atoms. The lowest BCUT2D eigenvalue weighted by molar-refractivity contribution is -0.136. The van der Waals surface area contributed by atoms with Crippen LogP contribution in [-0.2, 0) is 4.79 Å². The van der Waals surface area contributed by atoms with E-state index in [-0.39, 0.29) is 12.0 Å². The number of rotatable bonds is 14. The van der Waals surface area contributed by atoms with Crippen molar-refractivity contribution in [1.29, 1.82) is 0 Å². The highest BCUT2D eigenvalue weighted by Crippen LogP contribution is 2.34. The van der Waals surface area contributed by atoms with E-state index in [1.54, 1.807) is 6.92 Å². The third kappa shape index (κ3) is 10.7. The van der Waals surface area contributed by atoms with Crippen molar-refractivity contribution in [1.82, 2.24) is 4.90 Å². The molecule has 0 saturated heterocycles. The quantitative estimate of drug-likeness (QED) is 0.303. The summed E-state index contributed by atoms with van der Waals surface area (Å²) in [6.07, 6.45) is 3.84. The minimum Gasteiger partial charge on any atom is -0.493 e. The van der Waals surface area contributed by atoms with E-state index in [1.807, 2.05) is 18.2 Å². The molecule has 0 heterocycles. The Bertz CT molecular complexity index is 588. The number of benzene rings is 1. The van der Waals surface area contributed by atoms with Gasteiger partial charge in [0.05, 0.1) is 12.3 Å². The maximum Gasteiger partial charge on any atom is 0.303 e. The molecule has 1 aromatic carbocycles. The second-order valence-corrected chi connectivity index (χ2v) is 7.21. The first-order chi connectivity index (χ1) is 14.3. The molecule has 7 heteroatoms. The molecule has 0 fully saturated rings. The van der Waals surface area contributed by atoms with Gasteiger partial charge < -0.3 is 30.9 Å². The largest absolute Gasteiger partial charge is 0.493 e. The zero-order chi connectivity index (χ0) is 23.0. The minimum atomic E-state index is -0.745. The van der Waals surface area contributed by atoms with Crippen LogP contribution in [0.1, 0.15) is 66.7 Å². The first kappa shape index (κ1) is 28.0. The number of ether oxygens (including phenoxy) is 2. The standard InChI is InChI=1S/C20H37N3O2.C3H6O2/c1-5-20(6-2,12-13-21)25-19-16-17(10-11-18(19)22)24-15-9-14-23(7-3)8-4;1-2-3(4)5/h10-11,16H,5-9,12-15,21-22H2,1-4H3;2H2,1H3,(H,4,5). The number of nitrogen functional groups attached to an aromatic ring is 1. The molecule has 0 bridgehead atoms. The summed E-state index contributed by atoms with van der Waals surface area (Å²) in [4.78, 5) is 11.8. The van der Waals surface area contributed by atoms with Crippen molar-refractivity contribution < 1.29 is 19.4 Å². The third-order valence-corrected chi connectivity index (χ3v) is 5.28. The topological polar surface area (TPSA) is 111 Å². The van der Waals surface area contributed by atoms with Crippen LogP contribution in [0.15, 0.2) is 18.2 Å². The van der Waals surface area contributed by atoms with Crippen molar-refractivity contribution in [3.05, 3.63) is 18.2 Å². The van der Waals surface area contributed by atoms with Crippen LogP contribution in [0.5, 0.6) is 11.5 Å². The lowest BCUT2D eigenvalue weighted by Crippen LogP contribution is -2.37. The predicted octanol–water partition coefficient (Wildman–Crippen LogP) is 4.15. The van der Waals surface area contributed by atoms with Gasteiger partial charge in [0.1, 0.15) is 17.1 Å². The normalized spacial score (nSPS) is 11.0. The van der Waals surface area contributed by atoms with Gasteiger partial charge in [0.2, 0.25) is 0 Å². The van der Waals surface area contributed by atoms with E-state index >= 15 is 0 Å². The van der Waals surface area contributed by atoms with Gasteiger partial charge in [-0.3, -0.25) is 4.79 Å². The van der Waals surface area contributed by atoms with Crippen molar-refractivity contribution in [2.45, 2.75) is 72.3 Å². The molecule has 30 heavy (non-hydrogen) atoms. The molecule has 1 rings (SSSR count). The summed E-state index contributed by atoms with van der Waals surface area (Å²) in [5.41, 5.74) is 12.3. The van der Waals surface area contributed by atoms with Crippen LogP contribution < -0.4 is 20.9 Å². The average Bonchev–Trinajstić information content (AvgIpc) is 2.75. The van der Waals surface area contributed by atoms with Crippen LogP contribution in [0.3, 0.4) is 0 Å². The fourth-order valence-corrected chi connectivity index (χ4v) is 3.01. The van der Waals surface area contributed by atoms with Crippen LogP contribution in [0.25, 0.3) is 0 Å². The zero-order valence-corrected chi connectivity index (χ0v) is 19.6. The van der Waals surface area contributed by atoms with Crippen molar-refractivity contribution in [2.75, 3.05) is 38.5 Å². The Morgan fingerprint density at radius 2 is 1.73 bits per heavy atom. The second-order valence-electron chi connectivity index (χ2n) is 7.21. The number of aliphatic carboxylic acids is 1. The third-order valence-electron chi connectivity index (χ3n) is 5.28. The average molecular weight is 426 g/mol. The number of carboxylic acid groups (broad SMARTS) is 1. The van der Waals surface area contributed by atoms with Gasteiger partial charge in [0.15, 0.2) is 0 Å². The summed E-state index contributed by atoms with van der Waals surface area (Å²) in [7, 11) is 0. The van der Waals surface area contributed by atoms with Gasteiger partial charge in [-0.15, -0.1) is 0 Å². The Labute approximate surface area is 182 Å². The summed E-state index contributed by atoms with van der Waals surface area (Å²) in [5, 5.41) is 7.72. The molecule has 0 aliphatic carbocycles. The Kier molecular flexibility index (Phi) is 14.7. The number of carboxylic acids is 1. The Hall–Kier alpha value is -1.99. The number of anilines is 1. The molecular formula is C23H43N3O4. The fourth-order valence-electron chi connectivity index (χ4n) is 3.01. The van der Waals surface area contributed by atoms with E-state index < -0.39 is 5.97 Å². The number of nitrogens with two attached hydrogens (primary N) is 2. The lowest BCUT2D eigenvalue weighted by atomic mass is 9.93. The van der Waals surface area contributed by atoms with Gasteiger partial charge in [0, 0.05) is 19.0 Å². The first-order valence-corrected chi connectivity index (χ1v) is 11.2. The van der Waals surface area contributed by atoms with Gasteiger partial charge >= 0.3 is 5.97 Å². The van der Waals surface area contributed by atoms with E-state index in [0.29, 0.717) is 24.6 Å². The van der Waals surface area contributed by atoms with Gasteiger partial charge in [0.25, 0.3) is 0 Å². The van der Waals surface area contributed by atoms with Crippen LogP contribution >= 0.6 is 0 Å². The van der Waals surface area contributed by atoms with Gasteiger partial charge in [-0.25, -0.2) is 0 Å². The molecule has 5 N–H and O–H groups in total. The van der Waals surface area contributed by atoms with Gasteiger partial charge in [-0.05, 0) is 57.5 Å². The van der Waals surface area contributed by atoms with Gasteiger partial charge in [-0.2, -0.15) is 0 Å². The smallest absolute Gasteiger partial charge is 0.303 e. The van der Waals surface area contributed by atoms with E-state index in [4.69, 9.17) is 26.0 Å². The number of hydrogen-bond acceptors (Lipinski definition) is 6. The van der Waals surface area contributed by atoms with E-state index in [9.17, 15) is 4.79 Å². The molecule has 0 amide bonds. The molecule has 1 aromatic rings. The maximum absolute atomic E-state index is 9.37. The molecule has 7 nitrogen and oxygen atoms in total. The summed E-state index contributed by atoms with van der Waals surface area (Å²) < 4.78 is 12.2. The Morgan fingerprint density at radius 3 is 2.20 bits per heavy atom. The van der Waals surface area contributed by atoms with Crippen molar-refractivity contribution >= 4 is 11.7 Å². The highest BCUT2D eigenvalue weighted by Gasteiger charge is 2.28. The molecule has 0 aliphatic heterocycles. The van der Waals surface area contributed by atoms with E-state index in [1.165, 1.54) is 0 Å². The number of hydrogen-bond donors (Lipinski definition) is 3. The van der Waals surface area contributed by atoms with Crippen molar-refractivity contribution in [3.63, 3.8) is 0 Å². The van der Waals surface area contributed by atoms with Crippen molar-refractivity contribution in [3.8, 4) is 11.5 Å². The molecule has 0 saturated carbocycles. The Morgan fingerprint density at radius 1 is 1.13 bits per heavy atom. The Balaban J connectivity index is 0.00000150. The predicted molar refractivity (Wildman–Crippen MR) is 124 cm³/mol. The highest BCUT2D eigenvalue weighted by atomic mass is 16.5. The maximum atomic E-state index is 9.37. The van der Waals surface area contributed by atoms with E-state index in [0.717, 1.165) is 51.1 Å². The summed E-state index contributed by atoms with van der Waals surface area (Å²) >= 11 is 0. The minimum absolute atomic E-state index is 0.222. The van der Waals surface area contributed by atoms with Crippen LogP contribution in [0, 0.1) is 0 Å². The van der Waals surface area contributed by atoms with Crippen molar-refractivity contribution in [2.24, 2.45) is 5.73 Å². The number of carbonyl (C=O) groups is 1. The van der Waals surface area contributed by atoms with Crippen LogP contribution in [0.4, 0.5) is 5.69 Å². The molecule has 0 aromatic heterocycles. The number of nitrogens with zero attached hydrogens (tertiary/aromatic N) is 1. The summed E-state index contributed by atoms with van der Waals surface area (Å²) in [5.74, 6) is 0.751.